The number of esters is 1. The van der Waals surface area contributed by atoms with Gasteiger partial charge in [-0.05, 0) is 66.3 Å². The fraction of sp³-hybridized carbons (Fsp3) is 0.588. The summed E-state index contributed by atoms with van der Waals surface area (Å²) >= 11 is 0. The molecule has 2 heteroatoms. The van der Waals surface area contributed by atoms with Gasteiger partial charge in [0.2, 0.25) is 0 Å². The highest BCUT2D eigenvalue weighted by Gasteiger charge is 2.30. The SMILES string of the molecule is COC(=O)CCc1c(C)cc2c(c1C)CC(C)(C)C2. The molecule has 0 spiro atoms. The summed E-state index contributed by atoms with van der Waals surface area (Å²) < 4.78 is 4.74. The molecule has 0 radical (unpaired) electrons. The summed E-state index contributed by atoms with van der Waals surface area (Å²) in [7, 11) is 1.45. The molecule has 2 nitrogen and oxygen atoms in total. The van der Waals surface area contributed by atoms with E-state index in [4.69, 9.17) is 4.74 Å². The van der Waals surface area contributed by atoms with E-state index >= 15 is 0 Å². The van der Waals surface area contributed by atoms with Gasteiger partial charge in [-0.25, -0.2) is 0 Å². The van der Waals surface area contributed by atoms with Crippen LogP contribution in [0.25, 0.3) is 0 Å². The maximum Gasteiger partial charge on any atom is 0.305 e. The van der Waals surface area contributed by atoms with Crippen LogP contribution < -0.4 is 0 Å². The maximum atomic E-state index is 11.3. The highest BCUT2D eigenvalue weighted by atomic mass is 16.5. The Labute approximate surface area is 116 Å². The summed E-state index contributed by atoms with van der Waals surface area (Å²) in [4.78, 5) is 11.3. The van der Waals surface area contributed by atoms with Crippen molar-refractivity contribution in [2.45, 2.75) is 53.4 Å². The van der Waals surface area contributed by atoms with Gasteiger partial charge in [0.15, 0.2) is 0 Å². The number of hydrogen-bond donors (Lipinski definition) is 0. The van der Waals surface area contributed by atoms with Crippen molar-refractivity contribution in [3.8, 4) is 0 Å². The number of fused-ring (bicyclic) bond motifs is 1. The Bertz CT molecular complexity index is 512. The molecule has 1 aromatic carbocycles. The zero-order valence-corrected chi connectivity index (χ0v) is 12.7. The van der Waals surface area contributed by atoms with E-state index in [-0.39, 0.29) is 5.97 Å². The van der Waals surface area contributed by atoms with Gasteiger partial charge in [-0.2, -0.15) is 0 Å². The van der Waals surface area contributed by atoms with Crippen LogP contribution in [0.4, 0.5) is 0 Å². The summed E-state index contributed by atoms with van der Waals surface area (Å²) in [5, 5.41) is 0. The highest BCUT2D eigenvalue weighted by molar-refractivity contribution is 5.69. The van der Waals surface area contributed by atoms with Crippen LogP contribution in [-0.2, 0) is 28.8 Å². The fourth-order valence-electron chi connectivity index (χ4n) is 3.33. The van der Waals surface area contributed by atoms with Gasteiger partial charge >= 0.3 is 5.97 Å². The Morgan fingerprint density at radius 3 is 2.63 bits per heavy atom. The molecule has 1 aliphatic carbocycles. The first-order chi connectivity index (χ1) is 8.84. The summed E-state index contributed by atoms with van der Waals surface area (Å²) in [6.07, 6.45) is 3.58. The van der Waals surface area contributed by atoms with Gasteiger partial charge in [0.1, 0.15) is 0 Å². The Morgan fingerprint density at radius 2 is 2.00 bits per heavy atom. The number of benzene rings is 1. The second-order valence-corrected chi connectivity index (χ2v) is 6.53. The average molecular weight is 260 g/mol. The van der Waals surface area contributed by atoms with Crippen LogP contribution in [0.1, 0.15) is 48.1 Å². The standard InChI is InChI=1S/C17H24O2/c1-11-8-13-9-17(3,4)10-15(13)12(2)14(11)6-7-16(18)19-5/h8H,6-7,9-10H2,1-5H3. The Balaban J connectivity index is 2.30. The first-order valence-corrected chi connectivity index (χ1v) is 7.02. The van der Waals surface area contributed by atoms with Gasteiger partial charge in [-0.15, -0.1) is 0 Å². The number of carbonyl (C=O) groups is 1. The number of aryl methyl sites for hydroxylation is 1. The van der Waals surface area contributed by atoms with Crippen molar-refractivity contribution in [1.29, 1.82) is 0 Å². The van der Waals surface area contributed by atoms with Crippen molar-refractivity contribution >= 4 is 5.97 Å². The average Bonchev–Trinajstić information content (AvgIpc) is 2.63. The number of methoxy groups -OCH3 is 1. The van der Waals surface area contributed by atoms with Gasteiger partial charge in [0.05, 0.1) is 7.11 Å². The van der Waals surface area contributed by atoms with Gasteiger partial charge in [-0.1, -0.05) is 19.9 Å². The Hall–Kier alpha value is -1.31. The van der Waals surface area contributed by atoms with Crippen molar-refractivity contribution in [1.82, 2.24) is 0 Å². The van der Waals surface area contributed by atoms with E-state index in [0.717, 1.165) is 12.8 Å². The van der Waals surface area contributed by atoms with E-state index < -0.39 is 0 Å². The normalized spacial score (nSPS) is 16.3. The van der Waals surface area contributed by atoms with E-state index in [9.17, 15) is 4.79 Å². The molecule has 104 valence electrons. The van der Waals surface area contributed by atoms with Crippen molar-refractivity contribution in [3.63, 3.8) is 0 Å². The summed E-state index contributed by atoms with van der Waals surface area (Å²) in [5.41, 5.74) is 7.43. The summed E-state index contributed by atoms with van der Waals surface area (Å²) in [6, 6.07) is 2.32. The fourth-order valence-corrected chi connectivity index (χ4v) is 3.33. The first kappa shape index (κ1) is 14.1. The van der Waals surface area contributed by atoms with Crippen LogP contribution in [0.3, 0.4) is 0 Å². The minimum absolute atomic E-state index is 0.125. The molecule has 0 amide bonds. The number of carbonyl (C=O) groups excluding carboxylic acids is 1. The van der Waals surface area contributed by atoms with Crippen LogP contribution in [0.2, 0.25) is 0 Å². The first-order valence-electron chi connectivity index (χ1n) is 7.02. The topological polar surface area (TPSA) is 26.3 Å². The number of ether oxygens (including phenoxy) is 1. The lowest BCUT2D eigenvalue weighted by atomic mass is 9.89. The molecule has 0 unspecified atom stereocenters. The lowest BCUT2D eigenvalue weighted by Crippen LogP contribution is -2.10. The van der Waals surface area contributed by atoms with Crippen LogP contribution in [0.15, 0.2) is 6.07 Å². The molecule has 2 rings (SSSR count). The predicted molar refractivity (Wildman–Crippen MR) is 77.4 cm³/mol. The molecule has 0 fully saturated rings. The largest absolute Gasteiger partial charge is 0.469 e. The smallest absolute Gasteiger partial charge is 0.305 e. The van der Waals surface area contributed by atoms with E-state index in [1.165, 1.54) is 41.3 Å². The van der Waals surface area contributed by atoms with Crippen LogP contribution in [-0.4, -0.2) is 13.1 Å². The summed E-state index contributed by atoms with van der Waals surface area (Å²) in [5.74, 6) is -0.125. The minimum Gasteiger partial charge on any atom is -0.469 e. The zero-order valence-electron chi connectivity index (χ0n) is 12.7. The third-order valence-corrected chi connectivity index (χ3v) is 4.29. The predicted octanol–water partition coefficient (Wildman–Crippen LogP) is 3.53. The molecule has 1 aromatic rings. The lowest BCUT2D eigenvalue weighted by Gasteiger charge is -2.16. The number of hydrogen-bond acceptors (Lipinski definition) is 2. The molecule has 19 heavy (non-hydrogen) atoms. The maximum absolute atomic E-state index is 11.3. The molecule has 0 saturated heterocycles. The van der Waals surface area contributed by atoms with Crippen molar-refractivity contribution in [3.05, 3.63) is 33.9 Å². The van der Waals surface area contributed by atoms with E-state index in [2.05, 4.69) is 33.8 Å². The van der Waals surface area contributed by atoms with Gasteiger partial charge in [0, 0.05) is 6.42 Å². The molecule has 0 bridgehead atoms. The summed E-state index contributed by atoms with van der Waals surface area (Å²) in [6.45, 7) is 9.02. The third-order valence-electron chi connectivity index (χ3n) is 4.29. The molecule has 0 aromatic heterocycles. The molecular formula is C17H24O2. The Morgan fingerprint density at radius 1 is 1.32 bits per heavy atom. The second-order valence-electron chi connectivity index (χ2n) is 6.53. The second kappa shape index (κ2) is 4.99. The van der Waals surface area contributed by atoms with Gasteiger partial charge < -0.3 is 4.74 Å². The van der Waals surface area contributed by atoms with Crippen molar-refractivity contribution < 1.29 is 9.53 Å². The molecular weight excluding hydrogens is 236 g/mol. The monoisotopic (exact) mass is 260 g/mol. The van der Waals surface area contributed by atoms with Crippen molar-refractivity contribution in [2.75, 3.05) is 7.11 Å². The third kappa shape index (κ3) is 2.83. The van der Waals surface area contributed by atoms with Gasteiger partial charge in [-0.3, -0.25) is 4.79 Å². The van der Waals surface area contributed by atoms with E-state index in [0.29, 0.717) is 11.8 Å². The number of rotatable bonds is 3. The van der Waals surface area contributed by atoms with E-state index in [1.807, 2.05) is 0 Å². The molecule has 0 atom stereocenters. The van der Waals surface area contributed by atoms with Crippen molar-refractivity contribution in [2.24, 2.45) is 5.41 Å². The quantitative estimate of drug-likeness (QED) is 0.777. The van der Waals surface area contributed by atoms with E-state index in [1.54, 1.807) is 0 Å². The molecule has 0 saturated carbocycles. The lowest BCUT2D eigenvalue weighted by molar-refractivity contribution is -0.140. The zero-order chi connectivity index (χ0) is 14.2. The molecule has 0 N–H and O–H groups in total. The Kier molecular flexibility index (Phi) is 3.71. The highest BCUT2D eigenvalue weighted by Crippen LogP contribution is 2.39. The minimum atomic E-state index is -0.125. The molecule has 1 aliphatic rings. The van der Waals surface area contributed by atoms with Gasteiger partial charge in [0.25, 0.3) is 0 Å². The molecule has 0 heterocycles. The van der Waals surface area contributed by atoms with Crippen LogP contribution >= 0.6 is 0 Å². The van der Waals surface area contributed by atoms with Crippen LogP contribution in [0.5, 0.6) is 0 Å². The van der Waals surface area contributed by atoms with Crippen LogP contribution in [0, 0.1) is 19.3 Å². The molecule has 0 aliphatic heterocycles.